The highest BCUT2D eigenvalue weighted by atomic mass is 16.5. The molecule has 0 spiro atoms. The van der Waals surface area contributed by atoms with E-state index in [0.717, 1.165) is 25.7 Å². The lowest BCUT2D eigenvalue weighted by atomic mass is 9.68. The van der Waals surface area contributed by atoms with Crippen LogP contribution in [0.25, 0.3) is 0 Å². The molecule has 0 aliphatic carbocycles. The molecule has 1 heterocycles. The molecule has 0 amide bonds. The van der Waals surface area contributed by atoms with Crippen LogP contribution in [-0.4, -0.2) is 30.0 Å². The Kier molecular flexibility index (Phi) is 4.56. The Hall–Kier alpha value is -0.120. The van der Waals surface area contributed by atoms with Crippen LogP contribution < -0.4 is 5.73 Å². The van der Waals surface area contributed by atoms with Crippen molar-refractivity contribution in [1.29, 1.82) is 0 Å². The molecule has 0 bridgehead atoms. The van der Waals surface area contributed by atoms with Gasteiger partial charge >= 0.3 is 0 Å². The smallest absolute Gasteiger partial charge is 0.0556 e. The molecule has 1 rings (SSSR count). The molecule has 0 radical (unpaired) electrons. The number of rotatable bonds is 4. The Morgan fingerprint density at radius 3 is 2.33 bits per heavy atom. The Morgan fingerprint density at radius 1 is 1.40 bits per heavy atom. The van der Waals surface area contributed by atoms with E-state index in [4.69, 9.17) is 10.5 Å². The monoisotopic (exact) mass is 215 g/mol. The zero-order chi connectivity index (χ0) is 11.5. The molecule has 1 aliphatic heterocycles. The first kappa shape index (κ1) is 12.9. The summed E-state index contributed by atoms with van der Waals surface area (Å²) in [5, 5.41) is 9.20. The van der Waals surface area contributed by atoms with E-state index in [1.165, 1.54) is 0 Å². The van der Waals surface area contributed by atoms with Gasteiger partial charge in [-0.1, -0.05) is 6.92 Å². The Labute approximate surface area is 93.0 Å². The first-order valence-electron chi connectivity index (χ1n) is 6.06. The van der Waals surface area contributed by atoms with Gasteiger partial charge in [0.25, 0.3) is 0 Å². The lowest BCUT2D eigenvalue weighted by Gasteiger charge is -2.46. The number of aliphatic hydroxyl groups is 1. The van der Waals surface area contributed by atoms with Crippen LogP contribution in [0, 0.1) is 5.41 Å². The second kappa shape index (κ2) is 5.28. The van der Waals surface area contributed by atoms with Gasteiger partial charge in [0.1, 0.15) is 0 Å². The molecule has 0 saturated carbocycles. The van der Waals surface area contributed by atoms with E-state index >= 15 is 0 Å². The van der Waals surface area contributed by atoms with Gasteiger partial charge in [-0.05, 0) is 44.9 Å². The molecule has 1 saturated heterocycles. The number of hydrogen-bond donors (Lipinski definition) is 2. The molecule has 3 unspecified atom stereocenters. The number of aliphatic hydroxyl groups excluding tert-OH is 1. The maximum Gasteiger partial charge on any atom is 0.0556 e. The zero-order valence-electron chi connectivity index (χ0n) is 10.2. The lowest BCUT2D eigenvalue weighted by Crippen LogP contribution is -2.49. The Bertz CT molecular complexity index is 186. The fourth-order valence-electron chi connectivity index (χ4n) is 3.07. The van der Waals surface area contributed by atoms with Crippen molar-refractivity contribution in [3.05, 3.63) is 0 Å². The predicted octanol–water partition coefficient (Wildman–Crippen LogP) is 1.68. The SMILES string of the molecule is CCC(N)C1(CCO)CC(C)OC(C)C1. The van der Waals surface area contributed by atoms with Gasteiger partial charge in [-0.15, -0.1) is 0 Å². The van der Waals surface area contributed by atoms with Crippen molar-refractivity contribution in [2.24, 2.45) is 11.1 Å². The molecule has 0 aromatic carbocycles. The first-order valence-corrected chi connectivity index (χ1v) is 6.06. The third kappa shape index (κ3) is 2.92. The van der Waals surface area contributed by atoms with E-state index in [2.05, 4.69) is 20.8 Å². The van der Waals surface area contributed by atoms with Gasteiger partial charge in [0.15, 0.2) is 0 Å². The molecule has 15 heavy (non-hydrogen) atoms. The molecule has 3 nitrogen and oxygen atoms in total. The summed E-state index contributed by atoms with van der Waals surface area (Å²) in [5.41, 5.74) is 6.31. The molecule has 1 fully saturated rings. The van der Waals surface area contributed by atoms with E-state index in [9.17, 15) is 5.11 Å². The van der Waals surface area contributed by atoms with E-state index in [1.807, 2.05) is 0 Å². The van der Waals surface area contributed by atoms with Gasteiger partial charge in [0.2, 0.25) is 0 Å². The topological polar surface area (TPSA) is 55.5 Å². The molecule has 3 atom stereocenters. The van der Waals surface area contributed by atoms with Gasteiger partial charge in [-0.3, -0.25) is 0 Å². The molecule has 0 aromatic heterocycles. The largest absolute Gasteiger partial charge is 0.396 e. The van der Waals surface area contributed by atoms with Crippen molar-refractivity contribution in [2.75, 3.05) is 6.61 Å². The van der Waals surface area contributed by atoms with Crippen LogP contribution in [0.5, 0.6) is 0 Å². The summed E-state index contributed by atoms with van der Waals surface area (Å²) >= 11 is 0. The van der Waals surface area contributed by atoms with Crippen LogP contribution in [0.2, 0.25) is 0 Å². The molecular formula is C12H25NO2. The minimum atomic E-state index is 0.0839. The molecule has 1 aliphatic rings. The van der Waals surface area contributed by atoms with Crippen LogP contribution in [-0.2, 0) is 4.74 Å². The van der Waals surface area contributed by atoms with Crippen molar-refractivity contribution >= 4 is 0 Å². The summed E-state index contributed by atoms with van der Waals surface area (Å²) in [5.74, 6) is 0. The van der Waals surface area contributed by atoms with Gasteiger partial charge < -0.3 is 15.6 Å². The third-order valence-electron chi connectivity index (χ3n) is 3.69. The van der Waals surface area contributed by atoms with E-state index in [1.54, 1.807) is 0 Å². The van der Waals surface area contributed by atoms with Gasteiger partial charge in [0.05, 0.1) is 12.2 Å². The molecule has 90 valence electrons. The van der Waals surface area contributed by atoms with E-state index in [0.29, 0.717) is 0 Å². The van der Waals surface area contributed by atoms with Crippen LogP contribution in [0.1, 0.15) is 46.5 Å². The first-order chi connectivity index (χ1) is 7.04. The zero-order valence-corrected chi connectivity index (χ0v) is 10.2. The maximum atomic E-state index is 9.20. The van der Waals surface area contributed by atoms with Crippen molar-refractivity contribution < 1.29 is 9.84 Å². The highest BCUT2D eigenvalue weighted by molar-refractivity contribution is 4.94. The highest BCUT2D eigenvalue weighted by Crippen LogP contribution is 2.42. The van der Waals surface area contributed by atoms with Crippen molar-refractivity contribution in [3.8, 4) is 0 Å². The molecule has 3 N–H and O–H groups in total. The summed E-state index contributed by atoms with van der Waals surface area (Å²) in [6.45, 7) is 6.55. The molecule has 0 aromatic rings. The average molecular weight is 215 g/mol. The lowest BCUT2D eigenvalue weighted by molar-refractivity contribution is -0.101. The normalized spacial score (nSPS) is 39.0. The van der Waals surface area contributed by atoms with Gasteiger partial charge in [-0.25, -0.2) is 0 Å². The summed E-state index contributed by atoms with van der Waals surface area (Å²) in [6.07, 6.45) is 4.26. The standard InChI is InChI=1S/C12H25NO2/c1-4-11(13)12(5-6-14)7-9(2)15-10(3)8-12/h9-11,14H,4-8,13H2,1-3H3. The summed E-state index contributed by atoms with van der Waals surface area (Å²) < 4.78 is 5.75. The maximum absolute atomic E-state index is 9.20. The quantitative estimate of drug-likeness (QED) is 0.750. The predicted molar refractivity (Wildman–Crippen MR) is 61.6 cm³/mol. The minimum absolute atomic E-state index is 0.0839. The average Bonchev–Trinajstić information content (AvgIpc) is 2.15. The van der Waals surface area contributed by atoms with E-state index < -0.39 is 0 Å². The van der Waals surface area contributed by atoms with E-state index in [-0.39, 0.29) is 30.3 Å². The fourth-order valence-corrected chi connectivity index (χ4v) is 3.07. The number of ether oxygens (including phenoxy) is 1. The minimum Gasteiger partial charge on any atom is -0.396 e. The van der Waals surface area contributed by atoms with Crippen molar-refractivity contribution in [3.63, 3.8) is 0 Å². The van der Waals surface area contributed by atoms with Crippen LogP contribution in [0.15, 0.2) is 0 Å². The number of nitrogens with two attached hydrogens (primary N) is 1. The summed E-state index contributed by atoms with van der Waals surface area (Å²) in [7, 11) is 0. The third-order valence-corrected chi connectivity index (χ3v) is 3.69. The van der Waals surface area contributed by atoms with Gasteiger partial charge in [-0.2, -0.15) is 0 Å². The van der Waals surface area contributed by atoms with Crippen LogP contribution in [0.4, 0.5) is 0 Å². The summed E-state index contributed by atoms with van der Waals surface area (Å²) in [4.78, 5) is 0. The van der Waals surface area contributed by atoms with Crippen molar-refractivity contribution in [1.82, 2.24) is 0 Å². The van der Waals surface area contributed by atoms with Crippen LogP contribution in [0.3, 0.4) is 0 Å². The van der Waals surface area contributed by atoms with Crippen LogP contribution >= 0.6 is 0 Å². The number of hydrogen-bond acceptors (Lipinski definition) is 3. The highest BCUT2D eigenvalue weighted by Gasteiger charge is 2.41. The molecule has 3 heteroatoms. The second-order valence-electron chi connectivity index (χ2n) is 5.02. The molecular weight excluding hydrogens is 190 g/mol. The summed E-state index contributed by atoms with van der Waals surface area (Å²) in [6, 6.07) is 0.179. The second-order valence-corrected chi connectivity index (χ2v) is 5.02. The Morgan fingerprint density at radius 2 is 1.93 bits per heavy atom. The van der Waals surface area contributed by atoms with Crippen molar-refractivity contribution in [2.45, 2.75) is 64.7 Å². The van der Waals surface area contributed by atoms with Gasteiger partial charge in [0, 0.05) is 12.6 Å². The Balaban J connectivity index is 2.78. The fraction of sp³-hybridized carbons (Fsp3) is 1.00.